The van der Waals surface area contributed by atoms with Gasteiger partial charge in [-0.1, -0.05) is 42.5 Å². The van der Waals surface area contributed by atoms with Crippen molar-refractivity contribution >= 4 is 35.0 Å². The molecule has 1 nitrogen and oxygen atoms in total. The number of rotatable bonds is 3. The predicted octanol–water partition coefficient (Wildman–Crippen LogP) is 5.53. The van der Waals surface area contributed by atoms with E-state index in [2.05, 4.69) is 56.6 Å². The van der Waals surface area contributed by atoms with E-state index in [9.17, 15) is 27.1 Å². The number of fused-ring (bicyclic) bond motifs is 1. The molecular formula is C24H17BF5OS+. The van der Waals surface area contributed by atoms with Crippen LogP contribution in [0.2, 0.25) is 0 Å². The second-order valence-electron chi connectivity index (χ2n) is 6.90. The molecule has 4 aromatic rings. The minimum Gasteiger partial charge on any atom is -0.508 e. The minimum atomic E-state index is -2.21. The maximum atomic E-state index is 12.3. The Bertz CT molecular complexity index is 1140. The largest absolute Gasteiger partial charge is 0.508 e. The van der Waals surface area contributed by atoms with Crippen molar-refractivity contribution in [2.75, 3.05) is 6.26 Å². The monoisotopic (exact) mass is 459 g/mol. The molecule has 0 heterocycles. The highest BCUT2D eigenvalue weighted by Gasteiger charge is 2.22. The number of aromatic hydroxyl groups is 1. The first-order chi connectivity index (χ1) is 15.2. The topological polar surface area (TPSA) is 20.2 Å². The second-order valence-corrected chi connectivity index (χ2v) is 8.93. The van der Waals surface area contributed by atoms with Crippen molar-refractivity contribution in [1.82, 2.24) is 0 Å². The maximum absolute atomic E-state index is 12.3. The summed E-state index contributed by atoms with van der Waals surface area (Å²) in [7, 11) is 4.70. The van der Waals surface area contributed by atoms with Gasteiger partial charge in [0.2, 0.25) is 0 Å². The van der Waals surface area contributed by atoms with Crippen LogP contribution in [0, 0.1) is 29.1 Å². The van der Waals surface area contributed by atoms with Crippen molar-refractivity contribution in [3.8, 4) is 5.75 Å². The zero-order valence-corrected chi connectivity index (χ0v) is 17.7. The van der Waals surface area contributed by atoms with E-state index in [1.165, 1.54) is 21.2 Å². The number of phenols is 1. The average molecular weight is 459 g/mol. The maximum Gasteiger partial charge on any atom is 0.200 e. The molecular weight excluding hydrogens is 442 g/mol. The van der Waals surface area contributed by atoms with E-state index in [0.717, 1.165) is 5.75 Å². The van der Waals surface area contributed by atoms with Crippen LogP contribution in [0.25, 0.3) is 10.8 Å². The lowest BCUT2D eigenvalue weighted by atomic mass is 9.94. The molecule has 0 spiro atoms. The van der Waals surface area contributed by atoms with Gasteiger partial charge < -0.3 is 5.11 Å². The Hall–Kier alpha value is -3.00. The van der Waals surface area contributed by atoms with E-state index in [1.807, 2.05) is 12.1 Å². The molecule has 162 valence electrons. The molecule has 0 saturated carbocycles. The third kappa shape index (κ3) is 5.07. The van der Waals surface area contributed by atoms with Gasteiger partial charge in [0.25, 0.3) is 0 Å². The summed E-state index contributed by atoms with van der Waals surface area (Å²) in [6, 6.07) is 22.6. The van der Waals surface area contributed by atoms with Gasteiger partial charge in [-0.3, -0.25) is 0 Å². The second kappa shape index (κ2) is 10.1. The molecule has 0 aromatic heterocycles. The third-order valence-electron chi connectivity index (χ3n) is 4.73. The summed E-state index contributed by atoms with van der Waals surface area (Å²) in [5.74, 6) is -8.93. The first-order valence-corrected chi connectivity index (χ1v) is 11.2. The van der Waals surface area contributed by atoms with Gasteiger partial charge in [-0.15, -0.1) is 0 Å². The van der Waals surface area contributed by atoms with Crippen LogP contribution in [0.5, 0.6) is 5.75 Å². The van der Waals surface area contributed by atoms with Crippen LogP contribution in [-0.2, 0) is 16.6 Å². The molecule has 2 radical (unpaired) electrons. The number of benzene rings is 4. The van der Waals surface area contributed by atoms with Crippen molar-refractivity contribution < 1.29 is 27.1 Å². The number of hydrogen-bond acceptors (Lipinski definition) is 1. The van der Waals surface area contributed by atoms with E-state index >= 15 is 0 Å². The summed E-state index contributed by atoms with van der Waals surface area (Å²) < 4.78 is 61.1. The molecule has 0 aliphatic heterocycles. The van der Waals surface area contributed by atoms with Gasteiger partial charge in [-0.2, -0.15) is 0 Å². The van der Waals surface area contributed by atoms with Crippen molar-refractivity contribution in [2.24, 2.45) is 0 Å². The fraction of sp³-hybridized carbons (Fsp3) is 0.0833. The van der Waals surface area contributed by atoms with Gasteiger partial charge in [0.15, 0.2) is 34.0 Å². The Morgan fingerprint density at radius 2 is 1.25 bits per heavy atom. The quantitative estimate of drug-likeness (QED) is 0.141. The molecule has 1 N–H and O–H groups in total. The highest BCUT2D eigenvalue weighted by atomic mass is 32.2. The average Bonchev–Trinajstić information content (AvgIpc) is 2.81. The number of hydrogen-bond donors (Lipinski definition) is 1. The van der Waals surface area contributed by atoms with Crippen LogP contribution in [0.15, 0.2) is 71.6 Å². The molecule has 32 heavy (non-hydrogen) atoms. The fourth-order valence-electron chi connectivity index (χ4n) is 3.04. The molecule has 0 amide bonds. The molecule has 0 aliphatic carbocycles. The summed E-state index contributed by atoms with van der Waals surface area (Å²) >= 11 is 0. The zero-order valence-electron chi connectivity index (χ0n) is 16.9. The molecule has 0 saturated heterocycles. The molecule has 0 bridgehead atoms. The Balaban J connectivity index is 0.000000207. The molecule has 1 atom stereocenters. The van der Waals surface area contributed by atoms with Crippen LogP contribution < -0.4 is 5.46 Å². The third-order valence-corrected chi connectivity index (χ3v) is 6.56. The summed E-state index contributed by atoms with van der Waals surface area (Å²) in [6.07, 6.45) is 2.26. The van der Waals surface area contributed by atoms with Crippen molar-refractivity contribution in [1.29, 1.82) is 0 Å². The van der Waals surface area contributed by atoms with Crippen LogP contribution in [-0.4, -0.2) is 19.2 Å². The lowest BCUT2D eigenvalue weighted by molar-refractivity contribution is 0.384. The van der Waals surface area contributed by atoms with Gasteiger partial charge in [0, 0.05) is 16.5 Å². The van der Waals surface area contributed by atoms with E-state index in [4.69, 9.17) is 0 Å². The van der Waals surface area contributed by atoms with Crippen LogP contribution in [0.3, 0.4) is 0 Å². The number of halogens is 5. The molecule has 0 fully saturated rings. The first kappa shape index (κ1) is 23.7. The molecule has 4 aromatic carbocycles. The van der Waals surface area contributed by atoms with Crippen molar-refractivity contribution in [3.05, 3.63) is 101 Å². The number of phenolic OH excluding ortho intramolecular Hbond substituents is 1. The molecule has 8 heteroatoms. The van der Waals surface area contributed by atoms with Crippen LogP contribution in [0.1, 0.15) is 5.56 Å². The Kier molecular flexibility index (Phi) is 7.46. The summed E-state index contributed by atoms with van der Waals surface area (Å²) in [6.45, 7) is 0. The van der Waals surface area contributed by atoms with Gasteiger partial charge in [0.05, 0.1) is 0 Å². The highest BCUT2D eigenvalue weighted by Crippen LogP contribution is 2.24. The lowest BCUT2D eigenvalue weighted by Gasteiger charge is -2.07. The van der Waals surface area contributed by atoms with Gasteiger partial charge in [-0.25, -0.2) is 22.0 Å². The predicted molar refractivity (Wildman–Crippen MR) is 119 cm³/mol. The molecule has 0 aliphatic rings. The van der Waals surface area contributed by atoms with E-state index in [0.29, 0.717) is 5.75 Å². The normalized spacial score (nSPS) is 11.7. The Morgan fingerprint density at radius 3 is 1.88 bits per heavy atom. The van der Waals surface area contributed by atoms with E-state index in [-0.39, 0.29) is 10.9 Å². The Labute approximate surface area is 186 Å². The van der Waals surface area contributed by atoms with Crippen LogP contribution in [0.4, 0.5) is 22.0 Å². The zero-order chi connectivity index (χ0) is 23.4. The molecule has 4 rings (SSSR count). The van der Waals surface area contributed by atoms with E-state index < -0.39 is 34.5 Å². The SMILES string of the molecule is C[S+](Cc1cccc2ccccc12)c1ccc(O)cc1.[B]c1c(F)c(F)c(F)c(F)c1F. The fourth-order valence-corrected chi connectivity index (χ4v) is 4.52. The van der Waals surface area contributed by atoms with Gasteiger partial charge >= 0.3 is 0 Å². The van der Waals surface area contributed by atoms with Crippen LogP contribution >= 0.6 is 0 Å². The summed E-state index contributed by atoms with van der Waals surface area (Å²) in [5, 5.41) is 12.0. The lowest BCUT2D eigenvalue weighted by Crippen LogP contribution is -2.20. The minimum absolute atomic E-state index is 0.140. The van der Waals surface area contributed by atoms with Crippen molar-refractivity contribution in [3.63, 3.8) is 0 Å². The summed E-state index contributed by atoms with van der Waals surface area (Å²) in [4.78, 5) is 1.29. The smallest absolute Gasteiger partial charge is 0.200 e. The molecule has 1 unspecified atom stereocenters. The van der Waals surface area contributed by atoms with E-state index in [1.54, 1.807) is 12.1 Å². The first-order valence-electron chi connectivity index (χ1n) is 9.35. The standard InChI is InChI=1S/C18H16OS.C6BF5/c1-20(17-11-9-16(19)10-12-17)13-15-7-4-6-14-5-2-3-8-18(14)15;7-1-2(8)4(10)6(12)5(11)3(1)9/h2-12H,13H2,1H3;/p+1. The van der Waals surface area contributed by atoms with Crippen molar-refractivity contribution in [2.45, 2.75) is 10.6 Å². The highest BCUT2D eigenvalue weighted by molar-refractivity contribution is 7.95. The van der Waals surface area contributed by atoms with Gasteiger partial charge in [-0.05, 0) is 40.5 Å². The Morgan fingerprint density at radius 1 is 0.719 bits per heavy atom. The summed E-state index contributed by atoms with van der Waals surface area (Å²) in [5.41, 5.74) is 0.0217. The van der Waals surface area contributed by atoms with Gasteiger partial charge in [0.1, 0.15) is 25.6 Å².